The molecule has 2 aromatic heterocycles. The first-order chi connectivity index (χ1) is 12.0. The largest absolute Gasteiger partial charge is 0.365 e. The fourth-order valence-corrected chi connectivity index (χ4v) is 3.91. The topological polar surface area (TPSA) is 101 Å². The van der Waals surface area contributed by atoms with Crippen molar-refractivity contribution in [2.24, 2.45) is 11.7 Å². The van der Waals surface area contributed by atoms with Gasteiger partial charge in [0.2, 0.25) is 5.91 Å². The number of thiophene rings is 1. The number of primary amides is 1. The van der Waals surface area contributed by atoms with Crippen LogP contribution in [0.5, 0.6) is 0 Å². The lowest BCUT2D eigenvalue weighted by Crippen LogP contribution is -2.28. The number of amides is 2. The van der Waals surface area contributed by atoms with Crippen LogP contribution in [-0.2, 0) is 4.79 Å². The van der Waals surface area contributed by atoms with Crippen molar-refractivity contribution in [1.29, 1.82) is 0 Å². The monoisotopic (exact) mass is 354 g/mol. The predicted octanol–water partition coefficient (Wildman–Crippen LogP) is 2.70. The molecule has 4 rings (SSSR count). The first-order valence-corrected chi connectivity index (χ1v) is 8.99. The van der Waals surface area contributed by atoms with Crippen LogP contribution in [0.4, 0.5) is 0 Å². The zero-order chi connectivity index (χ0) is 17.6. The van der Waals surface area contributed by atoms with Gasteiger partial charge >= 0.3 is 0 Å². The second kappa shape index (κ2) is 6.00. The van der Waals surface area contributed by atoms with Crippen molar-refractivity contribution >= 4 is 34.2 Å². The molecule has 3 atom stereocenters. The number of nitrogens with one attached hydrogen (secondary N) is 2. The first-order valence-electron chi connectivity index (χ1n) is 8.17. The third kappa shape index (κ3) is 3.02. The van der Waals surface area contributed by atoms with Gasteiger partial charge in [0.25, 0.3) is 5.91 Å². The normalized spacial score (nSPS) is 20.4. The number of H-pyrrole nitrogens is 1. The summed E-state index contributed by atoms with van der Waals surface area (Å²) in [5.74, 6) is 0.540. The third-order valence-electron chi connectivity index (χ3n) is 4.54. The molecule has 1 aromatic carbocycles. The summed E-state index contributed by atoms with van der Waals surface area (Å²) in [4.78, 5) is 33.0. The van der Waals surface area contributed by atoms with E-state index in [4.69, 9.17) is 5.73 Å². The Morgan fingerprint density at radius 2 is 2.12 bits per heavy atom. The number of para-hydroxylation sites is 2. The number of aromatic amines is 1. The van der Waals surface area contributed by atoms with Crippen LogP contribution in [0, 0.1) is 5.92 Å². The van der Waals surface area contributed by atoms with Crippen LogP contribution >= 0.6 is 11.3 Å². The van der Waals surface area contributed by atoms with E-state index in [2.05, 4.69) is 15.3 Å². The summed E-state index contributed by atoms with van der Waals surface area (Å²) >= 11 is 1.32. The van der Waals surface area contributed by atoms with Crippen LogP contribution in [0.2, 0.25) is 0 Å². The van der Waals surface area contributed by atoms with Crippen molar-refractivity contribution in [3.63, 3.8) is 0 Å². The Hall–Kier alpha value is -2.67. The molecule has 7 heteroatoms. The number of benzene rings is 1. The van der Waals surface area contributed by atoms with Crippen LogP contribution in [0.1, 0.15) is 45.7 Å². The molecule has 4 N–H and O–H groups in total. The summed E-state index contributed by atoms with van der Waals surface area (Å²) < 4.78 is 0. The molecule has 2 unspecified atom stereocenters. The number of rotatable bonds is 5. The Bertz CT molecular complexity index is 928. The van der Waals surface area contributed by atoms with Crippen LogP contribution in [0.3, 0.4) is 0 Å². The molecular weight excluding hydrogens is 336 g/mol. The zero-order valence-electron chi connectivity index (χ0n) is 13.7. The number of hydrogen-bond acceptors (Lipinski definition) is 4. The van der Waals surface area contributed by atoms with Crippen molar-refractivity contribution in [1.82, 2.24) is 15.3 Å². The molecule has 0 radical (unpaired) electrons. The molecule has 3 aromatic rings. The van der Waals surface area contributed by atoms with Crippen molar-refractivity contribution < 1.29 is 9.59 Å². The molecule has 25 heavy (non-hydrogen) atoms. The average molecular weight is 354 g/mol. The summed E-state index contributed by atoms with van der Waals surface area (Å²) in [6.45, 7) is 1.91. The molecule has 0 saturated heterocycles. The van der Waals surface area contributed by atoms with E-state index < -0.39 is 5.91 Å². The standard InChI is InChI=1S/C18H18N4O2S/c1-9(14-6-7-15(25-14)16(19)23)20-18(24)11-8-10(11)17-21-12-4-2-3-5-13(12)22-17/h2-7,9-11H,8H2,1H3,(H2,19,23)(H,20,24)(H,21,22)/t9-,10?,11?/m1/s1. The summed E-state index contributed by atoms with van der Waals surface area (Å²) in [5, 5.41) is 3.02. The van der Waals surface area contributed by atoms with Crippen molar-refractivity contribution in [2.75, 3.05) is 0 Å². The lowest BCUT2D eigenvalue weighted by atomic mass is 10.2. The molecule has 0 aliphatic heterocycles. The van der Waals surface area contributed by atoms with Gasteiger partial charge in [0.1, 0.15) is 5.82 Å². The van der Waals surface area contributed by atoms with Gasteiger partial charge in [-0.2, -0.15) is 0 Å². The number of nitrogens with zero attached hydrogens (tertiary/aromatic N) is 1. The van der Waals surface area contributed by atoms with E-state index >= 15 is 0 Å². The molecule has 128 valence electrons. The van der Waals surface area contributed by atoms with E-state index in [0.717, 1.165) is 28.2 Å². The van der Waals surface area contributed by atoms with Crippen LogP contribution in [-0.4, -0.2) is 21.8 Å². The molecule has 2 heterocycles. The van der Waals surface area contributed by atoms with E-state index in [0.29, 0.717) is 4.88 Å². The number of aromatic nitrogens is 2. The van der Waals surface area contributed by atoms with Gasteiger partial charge in [0.15, 0.2) is 0 Å². The minimum absolute atomic E-state index is 0.0204. The first kappa shape index (κ1) is 15.8. The second-order valence-electron chi connectivity index (χ2n) is 6.38. The summed E-state index contributed by atoms with van der Waals surface area (Å²) in [5.41, 5.74) is 7.20. The fourth-order valence-electron chi connectivity index (χ4n) is 3.04. The number of carbonyl (C=O) groups excluding carboxylic acids is 2. The predicted molar refractivity (Wildman–Crippen MR) is 96.3 cm³/mol. The van der Waals surface area contributed by atoms with Gasteiger partial charge in [-0.05, 0) is 37.6 Å². The number of hydrogen-bond donors (Lipinski definition) is 3. The maximum Gasteiger partial charge on any atom is 0.258 e. The number of imidazole rings is 1. The van der Waals surface area contributed by atoms with E-state index in [1.165, 1.54) is 11.3 Å². The highest BCUT2D eigenvalue weighted by Crippen LogP contribution is 2.47. The van der Waals surface area contributed by atoms with Gasteiger partial charge in [0, 0.05) is 16.7 Å². The highest BCUT2D eigenvalue weighted by atomic mass is 32.1. The van der Waals surface area contributed by atoms with E-state index in [1.807, 2.05) is 37.3 Å². The Balaban J connectivity index is 1.41. The Kier molecular flexibility index (Phi) is 3.80. The van der Waals surface area contributed by atoms with Crippen molar-refractivity contribution in [2.45, 2.75) is 25.3 Å². The van der Waals surface area contributed by atoms with E-state index in [9.17, 15) is 9.59 Å². The number of nitrogens with two attached hydrogens (primary N) is 1. The SMILES string of the molecule is C[C@@H](NC(=O)C1CC1c1nc2ccccc2[nH]1)c1ccc(C(N)=O)s1. The molecule has 1 aliphatic carbocycles. The maximum atomic E-state index is 12.5. The van der Waals surface area contributed by atoms with E-state index in [1.54, 1.807) is 6.07 Å². The summed E-state index contributed by atoms with van der Waals surface area (Å²) in [6.07, 6.45) is 0.801. The van der Waals surface area contributed by atoms with Gasteiger partial charge < -0.3 is 16.0 Å². The minimum Gasteiger partial charge on any atom is -0.365 e. The Morgan fingerprint density at radius 3 is 2.84 bits per heavy atom. The molecule has 0 spiro atoms. The lowest BCUT2D eigenvalue weighted by Gasteiger charge is -2.11. The molecule has 2 amide bonds. The van der Waals surface area contributed by atoms with Gasteiger partial charge in [-0.3, -0.25) is 9.59 Å². The van der Waals surface area contributed by atoms with Crippen molar-refractivity contribution in [3.05, 3.63) is 52.0 Å². The molecule has 1 fully saturated rings. The van der Waals surface area contributed by atoms with Gasteiger partial charge in [-0.1, -0.05) is 12.1 Å². The second-order valence-corrected chi connectivity index (χ2v) is 7.50. The summed E-state index contributed by atoms with van der Waals surface area (Å²) in [6, 6.07) is 11.2. The number of carbonyl (C=O) groups is 2. The van der Waals surface area contributed by atoms with Gasteiger partial charge in [-0.25, -0.2) is 4.98 Å². The quantitative estimate of drug-likeness (QED) is 0.656. The number of fused-ring (bicyclic) bond motifs is 1. The molecule has 0 bridgehead atoms. The van der Waals surface area contributed by atoms with Crippen LogP contribution < -0.4 is 11.1 Å². The minimum atomic E-state index is -0.443. The van der Waals surface area contributed by atoms with E-state index in [-0.39, 0.29) is 23.8 Å². The summed E-state index contributed by atoms with van der Waals surface area (Å²) in [7, 11) is 0. The van der Waals surface area contributed by atoms with Crippen LogP contribution in [0.15, 0.2) is 36.4 Å². The Morgan fingerprint density at radius 1 is 1.32 bits per heavy atom. The smallest absolute Gasteiger partial charge is 0.258 e. The third-order valence-corrected chi connectivity index (χ3v) is 5.82. The molecule has 1 aliphatic rings. The highest BCUT2D eigenvalue weighted by molar-refractivity contribution is 7.14. The van der Waals surface area contributed by atoms with Gasteiger partial charge in [-0.15, -0.1) is 11.3 Å². The highest BCUT2D eigenvalue weighted by Gasteiger charge is 2.46. The molecular formula is C18H18N4O2S. The Labute approximate surface area is 148 Å². The fraction of sp³-hybridized carbons (Fsp3) is 0.278. The average Bonchev–Trinajstić information content (AvgIpc) is 3.05. The molecule has 1 saturated carbocycles. The van der Waals surface area contributed by atoms with Crippen molar-refractivity contribution in [3.8, 4) is 0 Å². The maximum absolute atomic E-state index is 12.5. The lowest BCUT2D eigenvalue weighted by molar-refractivity contribution is -0.123. The van der Waals surface area contributed by atoms with Gasteiger partial charge in [0.05, 0.1) is 22.0 Å². The zero-order valence-corrected chi connectivity index (χ0v) is 14.5. The molecule has 6 nitrogen and oxygen atoms in total. The van der Waals surface area contributed by atoms with Crippen LogP contribution in [0.25, 0.3) is 11.0 Å².